The molecule has 1 aliphatic rings. The van der Waals surface area contributed by atoms with E-state index in [2.05, 4.69) is 36.3 Å². The first kappa shape index (κ1) is 25.3. The number of nitrogens with one attached hydrogen (secondary N) is 2. The minimum absolute atomic E-state index is 0.117. The molecule has 35 heavy (non-hydrogen) atoms. The standard InChI is InChI=1S/C21H22BrFN6O5S/c1-24-35(32,33)34-18-8-13(7-17(18)30)27-21-14(9-25-11-26-21)20(31)16-5-6-29(28-16)10-12-3-2-4-15(22)19(12)23/h2-6,9,11,13,17-18,24,30H,7-8,10H2,1H3,(H,25,26,27)/t13-,17+,18-/m1/s1. The Morgan fingerprint density at radius 3 is 2.91 bits per heavy atom. The Morgan fingerprint density at radius 1 is 1.34 bits per heavy atom. The highest BCUT2D eigenvalue weighted by molar-refractivity contribution is 9.10. The molecule has 0 saturated heterocycles. The molecule has 0 bridgehead atoms. The number of ketones is 1. The van der Waals surface area contributed by atoms with Crippen molar-refractivity contribution in [2.24, 2.45) is 0 Å². The summed E-state index contributed by atoms with van der Waals surface area (Å²) < 4.78 is 46.4. The maximum atomic E-state index is 14.3. The minimum Gasteiger partial charge on any atom is -0.390 e. The predicted octanol–water partition coefficient (Wildman–Crippen LogP) is 1.64. The summed E-state index contributed by atoms with van der Waals surface area (Å²) in [6, 6.07) is 6.05. The fourth-order valence-electron chi connectivity index (χ4n) is 3.77. The molecule has 0 unspecified atom stereocenters. The lowest BCUT2D eigenvalue weighted by atomic mass is 10.1. The van der Waals surface area contributed by atoms with E-state index in [-0.39, 0.29) is 36.5 Å². The molecule has 1 saturated carbocycles. The quantitative estimate of drug-likeness (QED) is 0.327. The van der Waals surface area contributed by atoms with Gasteiger partial charge in [-0.1, -0.05) is 12.1 Å². The van der Waals surface area contributed by atoms with Gasteiger partial charge in [0.15, 0.2) is 0 Å². The molecule has 1 aromatic carbocycles. The van der Waals surface area contributed by atoms with Crippen LogP contribution in [0.4, 0.5) is 10.2 Å². The van der Waals surface area contributed by atoms with Crippen molar-refractivity contribution in [3.8, 4) is 0 Å². The van der Waals surface area contributed by atoms with Gasteiger partial charge in [0.25, 0.3) is 0 Å². The van der Waals surface area contributed by atoms with E-state index in [1.54, 1.807) is 24.4 Å². The maximum absolute atomic E-state index is 14.3. The van der Waals surface area contributed by atoms with Gasteiger partial charge in [-0.15, -0.1) is 0 Å². The van der Waals surface area contributed by atoms with Crippen LogP contribution < -0.4 is 10.0 Å². The number of rotatable bonds is 9. The average molecular weight is 569 g/mol. The number of hydrogen-bond acceptors (Lipinski definition) is 9. The third-order valence-corrected chi connectivity index (χ3v) is 7.12. The van der Waals surface area contributed by atoms with E-state index in [1.807, 2.05) is 4.72 Å². The molecule has 2 aromatic heterocycles. The Labute approximate surface area is 209 Å². The molecule has 2 heterocycles. The smallest absolute Gasteiger partial charge is 0.335 e. The van der Waals surface area contributed by atoms with Crippen molar-refractivity contribution in [1.82, 2.24) is 24.5 Å². The van der Waals surface area contributed by atoms with Crippen LogP contribution in [-0.4, -0.2) is 64.4 Å². The molecule has 0 amide bonds. The van der Waals surface area contributed by atoms with Crippen molar-refractivity contribution in [3.63, 3.8) is 0 Å². The van der Waals surface area contributed by atoms with Gasteiger partial charge >= 0.3 is 10.3 Å². The van der Waals surface area contributed by atoms with Crippen LogP contribution in [0, 0.1) is 5.82 Å². The number of aliphatic hydroxyl groups excluding tert-OH is 1. The second kappa shape index (κ2) is 10.5. The van der Waals surface area contributed by atoms with Gasteiger partial charge < -0.3 is 10.4 Å². The van der Waals surface area contributed by atoms with E-state index in [0.29, 0.717) is 10.0 Å². The second-order valence-corrected chi connectivity index (χ2v) is 10.3. The van der Waals surface area contributed by atoms with Gasteiger partial charge in [-0.05, 0) is 40.9 Å². The molecule has 0 radical (unpaired) electrons. The summed E-state index contributed by atoms with van der Waals surface area (Å²) in [4.78, 5) is 21.2. The molecule has 3 atom stereocenters. The summed E-state index contributed by atoms with van der Waals surface area (Å²) in [6.07, 6.45) is 2.57. The lowest BCUT2D eigenvalue weighted by molar-refractivity contribution is 0.0636. The predicted molar refractivity (Wildman–Crippen MR) is 126 cm³/mol. The molecule has 11 nitrogen and oxygen atoms in total. The van der Waals surface area contributed by atoms with Crippen LogP contribution in [0.15, 0.2) is 47.5 Å². The Bertz CT molecular complexity index is 1340. The summed E-state index contributed by atoms with van der Waals surface area (Å²) in [5, 5.41) is 17.5. The monoisotopic (exact) mass is 568 g/mol. The van der Waals surface area contributed by atoms with E-state index in [1.165, 1.54) is 30.3 Å². The summed E-state index contributed by atoms with van der Waals surface area (Å²) >= 11 is 3.15. The SMILES string of the molecule is CNS(=O)(=O)O[C@@H]1C[C@H](Nc2ncncc2C(=O)c2ccn(Cc3cccc(Br)c3F)n2)C[C@@H]1O. The highest BCUT2D eigenvalue weighted by atomic mass is 79.9. The van der Waals surface area contributed by atoms with Crippen LogP contribution in [0.3, 0.4) is 0 Å². The molecule has 1 aliphatic carbocycles. The highest BCUT2D eigenvalue weighted by Gasteiger charge is 2.37. The number of nitrogens with zero attached hydrogens (tertiary/aromatic N) is 4. The molecule has 14 heteroatoms. The fraction of sp³-hybridized carbons (Fsp3) is 0.333. The van der Waals surface area contributed by atoms with Crippen LogP contribution in [0.2, 0.25) is 0 Å². The third-order valence-electron chi connectivity index (χ3n) is 5.51. The number of aromatic nitrogens is 4. The Hall–Kier alpha value is -2.78. The summed E-state index contributed by atoms with van der Waals surface area (Å²) in [5.74, 6) is -0.639. The van der Waals surface area contributed by atoms with Crippen molar-refractivity contribution in [1.29, 1.82) is 0 Å². The molecule has 0 aliphatic heterocycles. The van der Waals surface area contributed by atoms with Crippen LogP contribution in [0.5, 0.6) is 0 Å². The number of carbonyl (C=O) groups is 1. The Balaban J connectivity index is 1.48. The number of benzene rings is 1. The average Bonchev–Trinajstić information content (AvgIpc) is 3.43. The lowest BCUT2D eigenvalue weighted by Gasteiger charge is -2.15. The minimum atomic E-state index is -3.97. The summed E-state index contributed by atoms with van der Waals surface area (Å²) in [7, 11) is -2.76. The molecule has 3 N–H and O–H groups in total. The first-order chi connectivity index (χ1) is 16.7. The van der Waals surface area contributed by atoms with Gasteiger partial charge in [-0.3, -0.25) is 13.7 Å². The van der Waals surface area contributed by atoms with Gasteiger partial charge in [0.2, 0.25) is 5.78 Å². The molecule has 1 fully saturated rings. The van der Waals surface area contributed by atoms with Crippen LogP contribution in [0.1, 0.15) is 34.5 Å². The molecular weight excluding hydrogens is 547 g/mol. The first-order valence-corrected chi connectivity index (χ1v) is 12.7. The largest absolute Gasteiger partial charge is 0.390 e. The van der Waals surface area contributed by atoms with E-state index >= 15 is 0 Å². The molecular formula is C21H22BrFN6O5S. The van der Waals surface area contributed by atoms with Crippen molar-refractivity contribution in [2.75, 3.05) is 12.4 Å². The Morgan fingerprint density at radius 2 is 2.14 bits per heavy atom. The molecule has 186 valence electrons. The third kappa shape index (κ3) is 5.90. The van der Waals surface area contributed by atoms with Crippen LogP contribution in [-0.2, 0) is 21.0 Å². The first-order valence-electron chi connectivity index (χ1n) is 10.5. The number of halogens is 2. The van der Waals surface area contributed by atoms with E-state index < -0.39 is 40.2 Å². The van der Waals surface area contributed by atoms with Crippen molar-refractivity contribution >= 4 is 37.8 Å². The number of anilines is 1. The van der Waals surface area contributed by atoms with Gasteiger partial charge in [-0.2, -0.15) is 18.2 Å². The van der Waals surface area contributed by atoms with Crippen LogP contribution >= 0.6 is 15.9 Å². The number of carbonyl (C=O) groups excluding carboxylic acids is 1. The second-order valence-electron chi connectivity index (χ2n) is 7.90. The number of hydrogen-bond donors (Lipinski definition) is 3. The van der Waals surface area contributed by atoms with E-state index in [0.717, 1.165) is 0 Å². The Kier molecular flexibility index (Phi) is 7.56. The normalized spacial score (nSPS) is 20.2. The van der Waals surface area contributed by atoms with Crippen LogP contribution in [0.25, 0.3) is 0 Å². The maximum Gasteiger partial charge on any atom is 0.335 e. The van der Waals surface area contributed by atoms with Gasteiger partial charge in [0.05, 0.1) is 22.7 Å². The summed E-state index contributed by atoms with van der Waals surface area (Å²) in [5.41, 5.74) is 0.669. The topological polar surface area (TPSA) is 148 Å². The van der Waals surface area contributed by atoms with Gasteiger partial charge in [0.1, 0.15) is 29.8 Å². The number of aliphatic hydroxyl groups is 1. The molecule has 3 aromatic rings. The highest BCUT2D eigenvalue weighted by Crippen LogP contribution is 2.28. The zero-order chi connectivity index (χ0) is 25.2. The zero-order valence-corrected chi connectivity index (χ0v) is 20.8. The molecule has 4 rings (SSSR count). The van der Waals surface area contributed by atoms with Crippen molar-refractivity contribution in [3.05, 3.63) is 70.1 Å². The van der Waals surface area contributed by atoms with Crippen molar-refractivity contribution < 1.29 is 26.9 Å². The van der Waals surface area contributed by atoms with E-state index in [4.69, 9.17) is 4.18 Å². The van der Waals surface area contributed by atoms with Crippen molar-refractivity contribution in [2.45, 2.75) is 37.6 Å². The summed E-state index contributed by atoms with van der Waals surface area (Å²) in [6.45, 7) is 0.131. The molecule has 0 spiro atoms. The lowest BCUT2D eigenvalue weighted by Crippen LogP contribution is -2.31. The van der Waals surface area contributed by atoms with E-state index in [9.17, 15) is 22.7 Å². The van der Waals surface area contributed by atoms with Gasteiger partial charge in [-0.25, -0.2) is 14.4 Å². The van der Waals surface area contributed by atoms with Gasteiger partial charge in [0, 0.05) is 31.0 Å². The zero-order valence-electron chi connectivity index (χ0n) is 18.4. The fourth-order valence-corrected chi connectivity index (χ4v) is 4.80.